The smallest absolute Gasteiger partial charge is 0.350 e. The van der Waals surface area contributed by atoms with E-state index in [1.54, 1.807) is 52.0 Å². The number of sulfonamides is 1. The number of alkyl halides is 3. The maximum absolute atomic E-state index is 14.2. The molecule has 0 unspecified atom stereocenters. The predicted octanol–water partition coefficient (Wildman–Crippen LogP) is 7.58. The Morgan fingerprint density at radius 2 is 1.48 bits per heavy atom. The quantitative estimate of drug-likeness (QED) is 0.237. The molecule has 3 rings (SSSR count). The minimum atomic E-state index is -4.91. The second-order valence-corrected chi connectivity index (χ2v) is 14.0. The van der Waals surface area contributed by atoms with Crippen molar-refractivity contribution in [1.82, 2.24) is 10.2 Å². The van der Waals surface area contributed by atoms with Crippen molar-refractivity contribution in [3.63, 3.8) is 0 Å². The van der Waals surface area contributed by atoms with Crippen molar-refractivity contribution in [1.29, 1.82) is 0 Å². The van der Waals surface area contributed by atoms with Crippen molar-refractivity contribution in [3.05, 3.63) is 92.9 Å². The fourth-order valence-corrected chi connectivity index (χ4v) is 6.53. The van der Waals surface area contributed by atoms with Crippen LogP contribution < -0.4 is 9.62 Å². The fraction of sp³-hybridized carbons (Fsp3) is 0.333. The van der Waals surface area contributed by atoms with Gasteiger partial charge < -0.3 is 10.2 Å². The number of rotatable bonds is 10. The highest BCUT2D eigenvalue weighted by atomic mass is 35.5. The SMILES string of the molecule is CC[C@@H](C(=O)NC(C)(C)C)N(Cc1c(Cl)cccc1Cl)C(=O)CN(c1ccc(Cl)c(C(F)(F)F)c1)S(=O)(=O)c1ccccc1. The Bertz CT molecular complexity index is 1590. The largest absolute Gasteiger partial charge is 0.417 e. The van der Waals surface area contributed by atoms with Crippen LogP contribution in [0, 0.1) is 0 Å². The summed E-state index contributed by atoms with van der Waals surface area (Å²) in [5.74, 6) is -1.42. The molecule has 3 aromatic carbocycles. The molecule has 1 atom stereocenters. The molecule has 3 aromatic rings. The number of carbonyl (C=O) groups is 2. The van der Waals surface area contributed by atoms with Crippen molar-refractivity contribution in [2.75, 3.05) is 10.8 Å². The van der Waals surface area contributed by atoms with Crippen LogP contribution in [0.2, 0.25) is 15.1 Å². The average Bonchev–Trinajstić information content (AvgIpc) is 2.92. The molecule has 0 saturated carbocycles. The number of carbonyl (C=O) groups excluding carboxylic acids is 2. The van der Waals surface area contributed by atoms with Gasteiger partial charge in [0.2, 0.25) is 11.8 Å². The summed E-state index contributed by atoms with van der Waals surface area (Å²) < 4.78 is 69.7. The molecule has 0 aliphatic rings. The summed E-state index contributed by atoms with van der Waals surface area (Å²) in [5, 5.41) is 2.57. The molecule has 0 aromatic heterocycles. The summed E-state index contributed by atoms with van der Waals surface area (Å²) in [6.07, 6.45) is -4.80. The third-order valence-electron chi connectivity index (χ3n) is 6.43. The van der Waals surface area contributed by atoms with Crippen LogP contribution in [0.25, 0.3) is 0 Å². The number of nitrogens with one attached hydrogen (secondary N) is 1. The Balaban J connectivity index is 2.19. The minimum Gasteiger partial charge on any atom is -0.350 e. The summed E-state index contributed by atoms with van der Waals surface area (Å²) in [7, 11) is -4.61. The van der Waals surface area contributed by atoms with Crippen LogP contribution >= 0.6 is 34.8 Å². The number of halogens is 6. The Morgan fingerprint density at radius 1 is 0.886 bits per heavy atom. The summed E-state index contributed by atoms with van der Waals surface area (Å²) in [5.41, 5.74) is -2.12. The van der Waals surface area contributed by atoms with Gasteiger partial charge in [-0.2, -0.15) is 13.2 Å². The van der Waals surface area contributed by atoms with Crippen molar-refractivity contribution >= 4 is 62.3 Å². The summed E-state index contributed by atoms with van der Waals surface area (Å²) in [4.78, 5) is 28.4. The van der Waals surface area contributed by atoms with E-state index < -0.39 is 62.4 Å². The van der Waals surface area contributed by atoms with E-state index >= 15 is 0 Å². The van der Waals surface area contributed by atoms with Crippen LogP contribution in [0.3, 0.4) is 0 Å². The molecular weight excluding hydrogens is 662 g/mol. The lowest BCUT2D eigenvalue weighted by atomic mass is 10.1. The van der Waals surface area contributed by atoms with Gasteiger partial charge in [0.1, 0.15) is 12.6 Å². The third kappa shape index (κ3) is 8.59. The second kappa shape index (κ2) is 14.0. The Hall–Kier alpha value is -2.99. The van der Waals surface area contributed by atoms with Gasteiger partial charge in [0.25, 0.3) is 10.0 Å². The van der Waals surface area contributed by atoms with Crippen LogP contribution in [0.4, 0.5) is 18.9 Å². The number of nitrogens with zero attached hydrogens (tertiary/aromatic N) is 2. The van der Waals surface area contributed by atoms with Gasteiger partial charge in [-0.25, -0.2) is 8.42 Å². The normalized spacial score (nSPS) is 12.9. The first-order chi connectivity index (χ1) is 20.4. The van der Waals surface area contributed by atoms with Gasteiger partial charge in [-0.05, 0) is 69.7 Å². The third-order valence-corrected chi connectivity index (χ3v) is 9.25. The number of hydrogen-bond donors (Lipinski definition) is 1. The first-order valence-corrected chi connectivity index (χ1v) is 15.9. The van der Waals surface area contributed by atoms with E-state index in [1.807, 2.05) is 0 Å². The maximum atomic E-state index is 14.2. The zero-order valence-electron chi connectivity index (χ0n) is 24.3. The molecule has 0 fully saturated rings. The van der Waals surface area contributed by atoms with E-state index in [1.165, 1.54) is 24.3 Å². The van der Waals surface area contributed by atoms with Gasteiger partial charge >= 0.3 is 6.18 Å². The zero-order valence-corrected chi connectivity index (χ0v) is 27.3. The first-order valence-electron chi connectivity index (χ1n) is 13.4. The second-order valence-electron chi connectivity index (χ2n) is 10.9. The molecule has 0 aliphatic heterocycles. The van der Waals surface area contributed by atoms with Gasteiger partial charge in [-0.1, -0.05) is 66.0 Å². The maximum Gasteiger partial charge on any atom is 0.417 e. The summed E-state index contributed by atoms with van der Waals surface area (Å²) >= 11 is 18.6. The zero-order chi connectivity index (χ0) is 33.0. The summed E-state index contributed by atoms with van der Waals surface area (Å²) in [6, 6.07) is 13.0. The molecular formula is C30H31Cl3F3N3O4S. The molecule has 0 bridgehead atoms. The van der Waals surface area contributed by atoms with E-state index in [-0.39, 0.29) is 27.9 Å². The van der Waals surface area contributed by atoms with E-state index in [4.69, 9.17) is 34.8 Å². The number of amides is 2. The molecule has 0 spiro atoms. The monoisotopic (exact) mass is 691 g/mol. The average molecular weight is 693 g/mol. The topological polar surface area (TPSA) is 86.8 Å². The van der Waals surface area contributed by atoms with Crippen molar-refractivity contribution < 1.29 is 31.2 Å². The number of anilines is 1. The molecule has 1 N–H and O–H groups in total. The van der Waals surface area contributed by atoms with E-state index in [0.717, 1.165) is 17.0 Å². The van der Waals surface area contributed by atoms with E-state index in [2.05, 4.69) is 5.32 Å². The van der Waals surface area contributed by atoms with Crippen LogP contribution in [0.5, 0.6) is 0 Å². The van der Waals surface area contributed by atoms with Crippen LogP contribution in [0.15, 0.2) is 71.6 Å². The standard InChI is InChI=1S/C30H31Cl3F3N3O4S/c1-5-26(28(41)37-29(2,3)4)38(17-21-23(31)12-9-13-24(21)32)27(40)18-39(44(42,43)20-10-7-6-8-11-20)19-14-15-25(33)22(16-19)30(34,35)36/h6-16,26H,5,17-18H2,1-4H3,(H,37,41)/t26-/m0/s1. The van der Waals surface area contributed by atoms with Gasteiger partial charge in [0.05, 0.1) is 21.2 Å². The molecule has 44 heavy (non-hydrogen) atoms. The Labute approximate surface area is 269 Å². The van der Waals surface area contributed by atoms with Crippen LogP contribution in [-0.4, -0.2) is 43.3 Å². The van der Waals surface area contributed by atoms with Gasteiger partial charge in [-0.15, -0.1) is 0 Å². The number of benzene rings is 3. The molecule has 0 radical (unpaired) electrons. The van der Waals surface area contributed by atoms with Crippen molar-refractivity contribution in [2.24, 2.45) is 0 Å². The van der Waals surface area contributed by atoms with Gasteiger partial charge in [-0.3, -0.25) is 13.9 Å². The lowest BCUT2D eigenvalue weighted by Crippen LogP contribution is -2.55. The highest BCUT2D eigenvalue weighted by Crippen LogP contribution is 2.38. The van der Waals surface area contributed by atoms with E-state index in [0.29, 0.717) is 15.9 Å². The highest BCUT2D eigenvalue weighted by Gasteiger charge is 2.38. The Morgan fingerprint density at radius 3 is 2.00 bits per heavy atom. The van der Waals surface area contributed by atoms with Crippen LogP contribution in [-0.2, 0) is 32.3 Å². The molecule has 0 saturated heterocycles. The molecule has 0 heterocycles. The van der Waals surface area contributed by atoms with Gasteiger partial charge in [0.15, 0.2) is 0 Å². The molecule has 14 heteroatoms. The summed E-state index contributed by atoms with van der Waals surface area (Å²) in [6.45, 7) is 5.66. The minimum absolute atomic E-state index is 0.111. The lowest BCUT2D eigenvalue weighted by molar-refractivity contribution is -0.141. The lowest BCUT2D eigenvalue weighted by Gasteiger charge is -2.35. The van der Waals surface area contributed by atoms with Crippen molar-refractivity contribution in [3.8, 4) is 0 Å². The molecule has 0 aliphatic carbocycles. The molecule has 7 nitrogen and oxygen atoms in total. The van der Waals surface area contributed by atoms with Crippen molar-refractivity contribution in [2.45, 2.75) is 63.3 Å². The van der Waals surface area contributed by atoms with Gasteiger partial charge in [0, 0.05) is 27.7 Å². The fourth-order valence-electron chi connectivity index (χ4n) is 4.36. The first kappa shape index (κ1) is 35.5. The number of hydrogen-bond acceptors (Lipinski definition) is 4. The highest BCUT2D eigenvalue weighted by molar-refractivity contribution is 7.92. The van der Waals surface area contributed by atoms with Crippen LogP contribution in [0.1, 0.15) is 45.2 Å². The molecule has 2 amide bonds. The predicted molar refractivity (Wildman–Crippen MR) is 166 cm³/mol. The van der Waals surface area contributed by atoms with E-state index in [9.17, 15) is 31.2 Å². The Kier molecular flexibility index (Phi) is 11.3. The molecule has 238 valence electrons.